The highest BCUT2D eigenvalue weighted by Gasteiger charge is 2.10. The van der Waals surface area contributed by atoms with Gasteiger partial charge in [0.2, 0.25) is 0 Å². The maximum atomic E-state index is 4.15. The lowest BCUT2D eigenvalue weighted by Gasteiger charge is -2.00. The number of benzene rings is 1. The lowest BCUT2D eigenvalue weighted by atomic mass is 10.1. The van der Waals surface area contributed by atoms with Crippen molar-refractivity contribution < 1.29 is 0 Å². The summed E-state index contributed by atoms with van der Waals surface area (Å²) in [5.41, 5.74) is 3.01. The van der Waals surface area contributed by atoms with Crippen LogP contribution in [0.25, 0.3) is 11.3 Å². The number of nitrogens with zero attached hydrogens (tertiary/aromatic N) is 2. The van der Waals surface area contributed by atoms with E-state index in [1.807, 2.05) is 24.3 Å². The zero-order valence-corrected chi connectivity index (χ0v) is 9.37. The minimum Gasteiger partial charge on any atom is -0.197 e. The van der Waals surface area contributed by atoms with E-state index in [0.717, 1.165) is 27.8 Å². The Kier molecular flexibility index (Phi) is 2.63. The first-order valence-corrected chi connectivity index (χ1v) is 5.26. The molecule has 1 aromatic carbocycles. The molecule has 2 rings (SSSR count). The van der Waals surface area contributed by atoms with E-state index in [2.05, 4.69) is 38.3 Å². The van der Waals surface area contributed by atoms with Gasteiger partial charge in [0.25, 0.3) is 0 Å². The molecule has 0 unspecified atom stereocenters. The molecule has 1 heterocycles. The van der Waals surface area contributed by atoms with Gasteiger partial charge in [0, 0.05) is 10.0 Å². The quantitative estimate of drug-likeness (QED) is 0.892. The third-order valence-corrected chi connectivity index (χ3v) is 2.78. The Labute approximate surface area is 90.7 Å². The normalized spacial score (nSPS) is 10.4. The van der Waals surface area contributed by atoms with Gasteiger partial charge in [-0.1, -0.05) is 41.1 Å². The van der Waals surface area contributed by atoms with Crippen molar-refractivity contribution in [1.82, 2.24) is 15.4 Å². The Bertz CT molecular complexity index is 436. The van der Waals surface area contributed by atoms with Gasteiger partial charge in [0.15, 0.2) is 0 Å². The minimum absolute atomic E-state index is 0.882. The van der Waals surface area contributed by atoms with Crippen LogP contribution in [0.1, 0.15) is 12.6 Å². The van der Waals surface area contributed by atoms with Crippen LogP contribution in [0.5, 0.6) is 0 Å². The first-order valence-electron chi connectivity index (χ1n) is 4.47. The van der Waals surface area contributed by atoms with Crippen molar-refractivity contribution >= 4 is 15.9 Å². The number of aryl methyl sites for hydroxylation is 1. The first-order chi connectivity index (χ1) is 6.83. The fourth-order valence-electron chi connectivity index (χ4n) is 1.37. The molecular formula is C10H10BrN3. The molecule has 0 saturated carbocycles. The van der Waals surface area contributed by atoms with E-state index in [0.29, 0.717) is 0 Å². The van der Waals surface area contributed by atoms with Gasteiger partial charge in [-0.05, 0) is 12.5 Å². The van der Waals surface area contributed by atoms with Crippen LogP contribution in [0.2, 0.25) is 0 Å². The summed E-state index contributed by atoms with van der Waals surface area (Å²) in [6.45, 7) is 2.07. The van der Waals surface area contributed by atoms with E-state index in [1.165, 1.54) is 0 Å². The molecule has 4 heteroatoms. The van der Waals surface area contributed by atoms with Crippen molar-refractivity contribution in [2.75, 3.05) is 0 Å². The van der Waals surface area contributed by atoms with E-state index in [-0.39, 0.29) is 0 Å². The summed E-state index contributed by atoms with van der Waals surface area (Å²) in [6.07, 6.45) is 0.882. The molecule has 72 valence electrons. The second-order valence-electron chi connectivity index (χ2n) is 2.95. The lowest BCUT2D eigenvalue weighted by molar-refractivity contribution is 0.908. The molecule has 0 radical (unpaired) electrons. The molecule has 0 fully saturated rings. The molecule has 0 spiro atoms. The Balaban J connectivity index is 2.54. The number of aromatic nitrogens is 3. The molecule has 0 aliphatic carbocycles. The smallest absolute Gasteiger partial charge is 0.117 e. The van der Waals surface area contributed by atoms with Crippen LogP contribution in [0.15, 0.2) is 28.7 Å². The van der Waals surface area contributed by atoms with E-state index in [1.54, 1.807) is 0 Å². The standard InChI is InChI=1S/C10H10BrN3/c1-2-9-10(13-14-12-9)7-5-3-4-6-8(7)11/h3-6H,2H2,1H3,(H,12,13,14). The highest BCUT2D eigenvalue weighted by molar-refractivity contribution is 9.10. The lowest BCUT2D eigenvalue weighted by Crippen LogP contribution is -1.86. The van der Waals surface area contributed by atoms with Crippen molar-refractivity contribution in [3.05, 3.63) is 34.4 Å². The van der Waals surface area contributed by atoms with E-state index in [9.17, 15) is 0 Å². The zero-order valence-electron chi connectivity index (χ0n) is 7.79. The summed E-state index contributed by atoms with van der Waals surface area (Å²) in [5, 5.41) is 10.9. The van der Waals surface area contributed by atoms with Crippen LogP contribution in [0.4, 0.5) is 0 Å². The maximum absolute atomic E-state index is 4.15. The molecule has 2 aromatic rings. The Morgan fingerprint density at radius 2 is 2.07 bits per heavy atom. The summed E-state index contributed by atoms with van der Waals surface area (Å²) in [5.74, 6) is 0. The number of aromatic amines is 1. The average molecular weight is 252 g/mol. The number of nitrogens with one attached hydrogen (secondary N) is 1. The van der Waals surface area contributed by atoms with Crippen LogP contribution in [0, 0.1) is 0 Å². The molecular weight excluding hydrogens is 242 g/mol. The SMILES string of the molecule is CCc1n[nH]nc1-c1ccccc1Br. The largest absolute Gasteiger partial charge is 0.197 e. The average Bonchev–Trinajstić information content (AvgIpc) is 2.66. The molecule has 0 amide bonds. The monoisotopic (exact) mass is 251 g/mol. The van der Waals surface area contributed by atoms with Crippen molar-refractivity contribution in [2.45, 2.75) is 13.3 Å². The van der Waals surface area contributed by atoms with Crippen molar-refractivity contribution in [3.8, 4) is 11.3 Å². The van der Waals surface area contributed by atoms with E-state index in [4.69, 9.17) is 0 Å². The minimum atomic E-state index is 0.882. The molecule has 0 aliphatic heterocycles. The second-order valence-corrected chi connectivity index (χ2v) is 3.81. The highest BCUT2D eigenvalue weighted by atomic mass is 79.9. The fourth-order valence-corrected chi connectivity index (χ4v) is 1.84. The van der Waals surface area contributed by atoms with E-state index < -0.39 is 0 Å². The fraction of sp³-hybridized carbons (Fsp3) is 0.200. The molecule has 0 aliphatic rings. The van der Waals surface area contributed by atoms with Gasteiger partial charge in [0.1, 0.15) is 5.69 Å². The van der Waals surface area contributed by atoms with Crippen molar-refractivity contribution in [1.29, 1.82) is 0 Å². The van der Waals surface area contributed by atoms with Crippen LogP contribution in [-0.4, -0.2) is 15.4 Å². The van der Waals surface area contributed by atoms with E-state index >= 15 is 0 Å². The maximum Gasteiger partial charge on any atom is 0.117 e. The predicted molar refractivity (Wildman–Crippen MR) is 58.9 cm³/mol. The molecule has 0 atom stereocenters. The highest BCUT2D eigenvalue weighted by Crippen LogP contribution is 2.27. The molecule has 0 bridgehead atoms. The summed E-state index contributed by atoms with van der Waals surface area (Å²) >= 11 is 3.50. The number of hydrogen-bond acceptors (Lipinski definition) is 2. The number of H-pyrrole nitrogens is 1. The molecule has 1 N–H and O–H groups in total. The van der Waals surface area contributed by atoms with Gasteiger partial charge in [-0.3, -0.25) is 0 Å². The molecule has 3 nitrogen and oxygen atoms in total. The molecule has 1 aromatic heterocycles. The van der Waals surface area contributed by atoms with Gasteiger partial charge < -0.3 is 0 Å². The van der Waals surface area contributed by atoms with Crippen LogP contribution >= 0.6 is 15.9 Å². The van der Waals surface area contributed by atoms with Gasteiger partial charge in [-0.25, -0.2) is 0 Å². The van der Waals surface area contributed by atoms with Crippen LogP contribution in [-0.2, 0) is 6.42 Å². The topological polar surface area (TPSA) is 41.6 Å². The van der Waals surface area contributed by atoms with Crippen LogP contribution in [0.3, 0.4) is 0 Å². The number of halogens is 1. The third kappa shape index (κ3) is 1.57. The molecule has 14 heavy (non-hydrogen) atoms. The van der Waals surface area contributed by atoms with Gasteiger partial charge in [-0.15, -0.1) is 0 Å². The number of rotatable bonds is 2. The first kappa shape index (κ1) is 9.40. The van der Waals surface area contributed by atoms with Gasteiger partial charge >= 0.3 is 0 Å². The Hall–Kier alpha value is -1.16. The number of hydrogen-bond donors (Lipinski definition) is 1. The summed E-state index contributed by atoms with van der Waals surface area (Å²) in [7, 11) is 0. The summed E-state index contributed by atoms with van der Waals surface area (Å²) in [6, 6.07) is 8.01. The third-order valence-electron chi connectivity index (χ3n) is 2.08. The zero-order chi connectivity index (χ0) is 9.97. The van der Waals surface area contributed by atoms with Crippen molar-refractivity contribution in [3.63, 3.8) is 0 Å². The molecule has 0 saturated heterocycles. The van der Waals surface area contributed by atoms with Crippen molar-refractivity contribution in [2.24, 2.45) is 0 Å². The van der Waals surface area contributed by atoms with Gasteiger partial charge in [0.05, 0.1) is 5.69 Å². The Morgan fingerprint density at radius 3 is 2.79 bits per heavy atom. The van der Waals surface area contributed by atoms with Crippen LogP contribution < -0.4 is 0 Å². The predicted octanol–water partition coefficient (Wildman–Crippen LogP) is 2.80. The summed E-state index contributed by atoms with van der Waals surface area (Å²) < 4.78 is 1.05. The summed E-state index contributed by atoms with van der Waals surface area (Å²) in [4.78, 5) is 0. The Morgan fingerprint density at radius 1 is 1.29 bits per heavy atom. The second kappa shape index (κ2) is 3.92. The van der Waals surface area contributed by atoms with Gasteiger partial charge in [-0.2, -0.15) is 15.4 Å².